The van der Waals surface area contributed by atoms with Crippen LogP contribution in [0, 0.1) is 28.1 Å². The highest BCUT2D eigenvalue weighted by Crippen LogP contribution is 2.49. The first-order valence-electron chi connectivity index (χ1n) is 15.7. The Morgan fingerprint density at radius 1 is 0.744 bits per heavy atom. The van der Waals surface area contributed by atoms with Gasteiger partial charge in [0.2, 0.25) is 0 Å². The lowest BCUT2D eigenvalue weighted by Gasteiger charge is -2.39. The predicted molar refractivity (Wildman–Crippen MR) is 169 cm³/mol. The third-order valence-electron chi connectivity index (χ3n) is 9.42. The summed E-state index contributed by atoms with van der Waals surface area (Å²) in [7, 11) is 0. The van der Waals surface area contributed by atoms with Gasteiger partial charge in [-0.15, -0.1) is 0 Å². The van der Waals surface area contributed by atoms with Crippen molar-refractivity contribution < 1.29 is 28.6 Å². The third kappa shape index (κ3) is 6.73. The molecule has 2 saturated carbocycles. The zero-order chi connectivity index (χ0) is 31.2. The van der Waals surface area contributed by atoms with Gasteiger partial charge in [0, 0.05) is 0 Å². The van der Waals surface area contributed by atoms with E-state index in [-0.39, 0.29) is 37.0 Å². The van der Waals surface area contributed by atoms with Crippen molar-refractivity contribution in [3.8, 4) is 5.75 Å². The normalized spacial score (nSPS) is 21.6. The summed E-state index contributed by atoms with van der Waals surface area (Å²) in [5.41, 5.74) is -3.13. The molecule has 0 aliphatic heterocycles. The molecule has 6 heteroatoms. The summed E-state index contributed by atoms with van der Waals surface area (Å²) in [4.78, 5) is 40.8. The van der Waals surface area contributed by atoms with Gasteiger partial charge in [-0.3, -0.25) is 14.4 Å². The molecule has 0 heterocycles. The van der Waals surface area contributed by atoms with Crippen LogP contribution < -0.4 is 4.74 Å². The van der Waals surface area contributed by atoms with E-state index in [2.05, 4.69) is 24.3 Å². The average molecular weight is 587 g/mol. The van der Waals surface area contributed by atoms with Gasteiger partial charge in [-0.25, -0.2) is 0 Å². The van der Waals surface area contributed by atoms with Gasteiger partial charge < -0.3 is 14.2 Å². The number of ether oxygens (including phenoxy) is 3. The summed E-state index contributed by atoms with van der Waals surface area (Å²) in [5, 5.41) is 4.30. The zero-order valence-electron chi connectivity index (χ0n) is 26.7. The molecule has 0 amide bonds. The second-order valence-electron chi connectivity index (χ2n) is 14.9. The van der Waals surface area contributed by atoms with Crippen molar-refractivity contribution in [2.45, 2.75) is 99.2 Å². The van der Waals surface area contributed by atoms with E-state index in [0.29, 0.717) is 17.6 Å². The number of hydrogen-bond acceptors (Lipinski definition) is 6. The lowest BCUT2D eigenvalue weighted by Crippen LogP contribution is -2.45. The Kier molecular flexibility index (Phi) is 8.36. The monoisotopic (exact) mass is 586 g/mol. The molecule has 0 N–H and O–H groups in total. The van der Waals surface area contributed by atoms with Gasteiger partial charge in [-0.2, -0.15) is 0 Å². The number of carbonyl (C=O) groups is 3. The topological polar surface area (TPSA) is 78.9 Å². The van der Waals surface area contributed by atoms with Crippen molar-refractivity contribution in [1.82, 2.24) is 0 Å². The lowest BCUT2D eigenvalue weighted by molar-refractivity contribution is -0.172. The molecule has 3 aromatic rings. The predicted octanol–water partition coefficient (Wildman–Crippen LogP) is 8.42. The van der Waals surface area contributed by atoms with Crippen LogP contribution in [0.4, 0.5) is 0 Å². The fourth-order valence-corrected chi connectivity index (χ4v) is 7.51. The second kappa shape index (κ2) is 11.6. The van der Waals surface area contributed by atoms with Crippen molar-refractivity contribution in [2.24, 2.45) is 28.1 Å². The van der Waals surface area contributed by atoms with E-state index in [1.807, 2.05) is 45.0 Å². The Labute approximate surface area is 255 Å². The summed E-state index contributed by atoms with van der Waals surface area (Å²) < 4.78 is 17.7. The largest absolute Gasteiger partial charge is 0.463 e. The molecule has 0 radical (unpaired) electrons. The summed E-state index contributed by atoms with van der Waals surface area (Å²) in [6.45, 7) is 12.6. The van der Waals surface area contributed by atoms with Gasteiger partial charge in [0.15, 0.2) is 0 Å². The summed E-state index contributed by atoms with van der Waals surface area (Å²) in [6, 6.07) is 18.0. The number of hydrogen-bond donors (Lipinski definition) is 0. The number of benzene rings is 3. The molecule has 2 bridgehead atoms. The van der Waals surface area contributed by atoms with Crippen LogP contribution in [0.3, 0.4) is 0 Å². The van der Waals surface area contributed by atoms with E-state index < -0.39 is 22.2 Å². The van der Waals surface area contributed by atoms with Gasteiger partial charge in [-0.05, 0) is 145 Å². The van der Waals surface area contributed by atoms with Gasteiger partial charge in [-0.1, -0.05) is 30.3 Å². The molecule has 230 valence electrons. The minimum absolute atomic E-state index is 0.0972. The van der Waals surface area contributed by atoms with Gasteiger partial charge in [0.1, 0.15) is 11.9 Å². The molecule has 4 atom stereocenters. The van der Waals surface area contributed by atoms with E-state index in [9.17, 15) is 14.4 Å². The third-order valence-corrected chi connectivity index (χ3v) is 9.42. The van der Waals surface area contributed by atoms with E-state index in [4.69, 9.17) is 14.2 Å². The standard InChI is InChI=1S/C37H46O6/c1-23(2)41-32(38)35(3,4)21-37(7,34(40)43-31-17-24-12-13-28(31)16-24)22-36(5,6)33(39)42-30-15-14-27-18-25-10-8-9-11-26(25)19-29(27)20-30/h8-11,14-15,18-20,23-24,28,31H,12-13,16-17,21-22H2,1-7H3. The SMILES string of the molecule is CC(C)OC(=O)C(C)(C)CC(C)(CC(C)(C)C(=O)Oc1ccc2cc3ccccc3cc2c1)C(=O)OC1CC2CCC1C2. The molecule has 2 aliphatic carbocycles. The molecular weight excluding hydrogens is 540 g/mol. The Morgan fingerprint density at radius 3 is 1.93 bits per heavy atom. The number of esters is 3. The average Bonchev–Trinajstić information content (AvgIpc) is 3.54. The Bertz CT molecular complexity index is 1530. The van der Waals surface area contributed by atoms with Gasteiger partial charge in [0.05, 0.1) is 22.3 Å². The quantitative estimate of drug-likeness (QED) is 0.135. The first-order valence-corrected chi connectivity index (χ1v) is 15.7. The van der Waals surface area contributed by atoms with Crippen molar-refractivity contribution in [2.75, 3.05) is 0 Å². The van der Waals surface area contributed by atoms with Crippen molar-refractivity contribution >= 4 is 39.5 Å². The smallest absolute Gasteiger partial charge is 0.316 e. The van der Waals surface area contributed by atoms with E-state index in [1.54, 1.807) is 33.8 Å². The molecular formula is C37H46O6. The summed E-state index contributed by atoms with van der Waals surface area (Å²) >= 11 is 0. The minimum atomic E-state index is -1.12. The lowest BCUT2D eigenvalue weighted by atomic mass is 9.66. The van der Waals surface area contributed by atoms with Crippen LogP contribution in [0.1, 0.15) is 87.0 Å². The van der Waals surface area contributed by atoms with Crippen LogP contribution in [0.5, 0.6) is 5.75 Å². The molecule has 3 aromatic carbocycles. The number of rotatable bonds is 10. The molecule has 2 aliphatic rings. The highest BCUT2D eigenvalue weighted by molar-refractivity contribution is 5.99. The zero-order valence-corrected chi connectivity index (χ0v) is 26.7. The summed E-state index contributed by atoms with van der Waals surface area (Å²) in [5.74, 6) is 0.319. The maximum atomic E-state index is 14.0. The maximum absolute atomic E-state index is 14.0. The van der Waals surface area contributed by atoms with Crippen LogP contribution >= 0.6 is 0 Å². The Morgan fingerprint density at radius 2 is 1.35 bits per heavy atom. The molecule has 0 spiro atoms. The van der Waals surface area contributed by atoms with E-state index >= 15 is 0 Å². The first kappa shape index (κ1) is 31.0. The minimum Gasteiger partial charge on any atom is -0.463 e. The first-order chi connectivity index (χ1) is 20.1. The number of carbonyl (C=O) groups excluding carboxylic acids is 3. The molecule has 6 nitrogen and oxygen atoms in total. The van der Waals surface area contributed by atoms with Crippen LogP contribution in [0.2, 0.25) is 0 Å². The van der Waals surface area contributed by atoms with Crippen LogP contribution in [0.15, 0.2) is 54.6 Å². The molecule has 0 aromatic heterocycles. The second-order valence-corrected chi connectivity index (χ2v) is 14.9. The summed E-state index contributed by atoms with van der Waals surface area (Å²) in [6.07, 6.45) is 4.28. The highest BCUT2D eigenvalue weighted by atomic mass is 16.6. The molecule has 4 unspecified atom stereocenters. The molecule has 2 fully saturated rings. The van der Waals surface area contributed by atoms with Gasteiger partial charge >= 0.3 is 17.9 Å². The highest BCUT2D eigenvalue weighted by Gasteiger charge is 2.51. The van der Waals surface area contributed by atoms with Crippen LogP contribution in [-0.2, 0) is 23.9 Å². The Balaban J connectivity index is 1.37. The van der Waals surface area contributed by atoms with Crippen molar-refractivity contribution in [3.05, 3.63) is 54.6 Å². The Hall–Kier alpha value is -3.41. The van der Waals surface area contributed by atoms with E-state index in [1.165, 1.54) is 6.42 Å². The van der Waals surface area contributed by atoms with Crippen molar-refractivity contribution in [3.63, 3.8) is 0 Å². The fraction of sp³-hybridized carbons (Fsp3) is 0.541. The maximum Gasteiger partial charge on any atom is 0.316 e. The van der Waals surface area contributed by atoms with Crippen molar-refractivity contribution in [1.29, 1.82) is 0 Å². The fourth-order valence-electron chi connectivity index (χ4n) is 7.51. The molecule has 0 saturated heterocycles. The number of fused-ring (bicyclic) bond motifs is 4. The van der Waals surface area contributed by atoms with E-state index in [0.717, 1.165) is 40.8 Å². The van der Waals surface area contributed by atoms with Crippen LogP contribution in [-0.4, -0.2) is 30.1 Å². The molecule has 5 rings (SSSR count). The van der Waals surface area contributed by atoms with Gasteiger partial charge in [0.25, 0.3) is 0 Å². The van der Waals surface area contributed by atoms with Crippen LogP contribution in [0.25, 0.3) is 21.5 Å². The molecule has 43 heavy (non-hydrogen) atoms.